The summed E-state index contributed by atoms with van der Waals surface area (Å²) in [6.45, 7) is 2.57. The first kappa shape index (κ1) is 15.5. The molecule has 0 spiro atoms. The number of hydrogen-bond donors (Lipinski definition) is 1. The highest BCUT2D eigenvalue weighted by molar-refractivity contribution is 6.30. The summed E-state index contributed by atoms with van der Waals surface area (Å²) in [5, 5.41) is 3.92. The second-order valence-electron chi connectivity index (χ2n) is 4.87. The second kappa shape index (κ2) is 7.25. The molecular weight excluding hydrogens is 286 g/mol. The van der Waals surface area contributed by atoms with Crippen LogP contribution in [0, 0.1) is 6.92 Å². The first-order chi connectivity index (χ1) is 10.1. The van der Waals surface area contributed by atoms with Crippen LogP contribution in [0.4, 0.5) is 0 Å². The van der Waals surface area contributed by atoms with Crippen molar-refractivity contribution in [2.75, 3.05) is 7.11 Å². The second-order valence-corrected chi connectivity index (χ2v) is 5.31. The number of carbonyl (C=O) groups excluding carboxylic acids is 1. The molecule has 0 aliphatic heterocycles. The molecule has 0 radical (unpaired) electrons. The Morgan fingerprint density at radius 2 is 1.76 bits per heavy atom. The maximum Gasteiger partial charge on any atom is 0.327 e. The van der Waals surface area contributed by atoms with Crippen LogP contribution in [-0.2, 0) is 16.1 Å². The third kappa shape index (κ3) is 4.31. The van der Waals surface area contributed by atoms with Gasteiger partial charge in [-0.05, 0) is 30.2 Å². The smallest absolute Gasteiger partial charge is 0.327 e. The van der Waals surface area contributed by atoms with Gasteiger partial charge in [-0.2, -0.15) is 0 Å². The molecule has 3 nitrogen and oxygen atoms in total. The summed E-state index contributed by atoms with van der Waals surface area (Å²) in [5.41, 5.74) is 3.10. The number of aryl methyl sites for hydroxylation is 1. The molecule has 2 aromatic rings. The number of hydrogen-bond acceptors (Lipinski definition) is 3. The number of benzene rings is 2. The Labute approximate surface area is 129 Å². The van der Waals surface area contributed by atoms with Gasteiger partial charge >= 0.3 is 5.97 Å². The van der Waals surface area contributed by atoms with Crippen LogP contribution in [0.25, 0.3) is 0 Å². The van der Waals surface area contributed by atoms with Gasteiger partial charge < -0.3 is 4.74 Å². The number of nitrogens with one attached hydrogen (secondary N) is 1. The number of esters is 1. The van der Waals surface area contributed by atoms with Gasteiger partial charge in [0.25, 0.3) is 0 Å². The Morgan fingerprint density at radius 3 is 2.33 bits per heavy atom. The molecule has 0 aliphatic carbocycles. The number of carbonyl (C=O) groups is 1. The Morgan fingerprint density at radius 1 is 1.14 bits per heavy atom. The monoisotopic (exact) mass is 303 g/mol. The van der Waals surface area contributed by atoms with Crippen LogP contribution >= 0.6 is 11.6 Å². The van der Waals surface area contributed by atoms with Crippen molar-refractivity contribution in [3.63, 3.8) is 0 Å². The first-order valence-electron chi connectivity index (χ1n) is 6.72. The van der Waals surface area contributed by atoms with Gasteiger partial charge in [0.05, 0.1) is 7.11 Å². The Bertz CT molecular complexity index is 593. The van der Waals surface area contributed by atoms with Gasteiger partial charge in [0.15, 0.2) is 0 Å². The van der Waals surface area contributed by atoms with E-state index in [2.05, 4.69) is 5.32 Å². The van der Waals surface area contributed by atoms with Crippen molar-refractivity contribution in [3.8, 4) is 0 Å². The highest BCUT2D eigenvalue weighted by Gasteiger charge is 2.20. The standard InChI is InChI=1S/C17H18ClNO2/c1-12-3-7-14(8-4-12)16(17(20)21-2)19-11-13-5-9-15(18)10-6-13/h3-10,16,19H,11H2,1-2H3. The van der Waals surface area contributed by atoms with Crippen LogP contribution in [0.2, 0.25) is 5.02 Å². The molecule has 21 heavy (non-hydrogen) atoms. The normalized spacial score (nSPS) is 12.0. The summed E-state index contributed by atoms with van der Waals surface area (Å²) in [7, 11) is 1.40. The van der Waals surface area contributed by atoms with Crippen molar-refractivity contribution in [1.29, 1.82) is 0 Å². The Hall–Kier alpha value is -1.84. The third-order valence-electron chi connectivity index (χ3n) is 3.27. The molecule has 1 unspecified atom stereocenters. The fourth-order valence-electron chi connectivity index (χ4n) is 2.04. The van der Waals surface area contributed by atoms with Crippen molar-refractivity contribution < 1.29 is 9.53 Å². The summed E-state index contributed by atoms with van der Waals surface area (Å²) in [6, 6.07) is 14.9. The van der Waals surface area contributed by atoms with E-state index in [0.717, 1.165) is 16.7 Å². The lowest BCUT2D eigenvalue weighted by molar-refractivity contribution is -0.143. The molecule has 0 fully saturated rings. The zero-order valence-corrected chi connectivity index (χ0v) is 12.9. The minimum absolute atomic E-state index is 0.298. The zero-order valence-electron chi connectivity index (χ0n) is 12.1. The average Bonchev–Trinajstić information content (AvgIpc) is 2.50. The Kier molecular flexibility index (Phi) is 5.37. The van der Waals surface area contributed by atoms with Gasteiger partial charge in [-0.1, -0.05) is 53.6 Å². The first-order valence-corrected chi connectivity index (χ1v) is 7.10. The molecule has 0 saturated carbocycles. The minimum Gasteiger partial charge on any atom is -0.468 e. The fraction of sp³-hybridized carbons (Fsp3) is 0.235. The number of methoxy groups -OCH3 is 1. The lowest BCUT2D eigenvalue weighted by Crippen LogP contribution is -2.29. The summed E-state index contributed by atoms with van der Waals surface area (Å²) in [6.07, 6.45) is 0. The quantitative estimate of drug-likeness (QED) is 0.857. The molecular formula is C17H18ClNO2. The van der Waals surface area contributed by atoms with Crippen molar-refractivity contribution in [1.82, 2.24) is 5.32 Å². The van der Waals surface area contributed by atoms with E-state index in [-0.39, 0.29) is 5.97 Å². The maximum absolute atomic E-state index is 12.0. The predicted octanol–water partition coefficient (Wildman–Crippen LogP) is 3.65. The van der Waals surface area contributed by atoms with Crippen LogP contribution < -0.4 is 5.32 Å². The Balaban J connectivity index is 2.11. The van der Waals surface area contributed by atoms with E-state index in [9.17, 15) is 4.79 Å². The maximum atomic E-state index is 12.0. The van der Waals surface area contributed by atoms with E-state index in [1.54, 1.807) is 0 Å². The van der Waals surface area contributed by atoms with Crippen molar-refractivity contribution in [2.45, 2.75) is 19.5 Å². The summed E-state index contributed by atoms with van der Waals surface area (Å²) in [4.78, 5) is 12.0. The van der Waals surface area contributed by atoms with Crippen molar-refractivity contribution in [3.05, 3.63) is 70.2 Å². The van der Waals surface area contributed by atoms with Crippen LogP contribution in [0.5, 0.6) is 0 Å². The van der Waals surface area contributed by atoms with E-state index in [1.807, 2.05) is 55.5 Å². The lowest BCUT2D eigenvalue weighted by atomic mass is 10.0. The molecule has 0 aromatic heterocycles. The average molecular weight is 304 g/mol. The molecule has 4 heteroatoms. The lowest BCUT2D eigenvalue weighted by Gasteiger charge is -2.17. The molecule has 0 amide bonds. The van der Waals surface area contributed by atoms with Crippen LogP contribution in [-0.4, -0.2) is 13.1 Å². The van der Waals surface area contributed by atoms with E-state index < -0.39 is 6.04 Å². The molecule has 0 aliphatic rings. The zero-order chi connectivity index (χ0) is 15.2. The van der Waals surface area contributed by atoms with E-state index in [1.165, 1.54) is 7.11 Å². The molecule has 1 atom stereocenters. The minimum atomic E-state index is -0.480. The van der Waals surface area contributed by atoms with Gasteiger partial charge in [-0.25, -0.2) is 4.79 Å². The summed E-state index contributed by atoms with van der Waals surface area (Å²) in [5.74, 6) is -0.298. The van der Waals surface area contributed by atoms with Crippen LogP contribution in [0.3, 0.4) is 0 Å². The van der Waals surface area contributed by atoms with Gasteiger partial charge in [0.1, 0.15) is 6.04 Å². The molecule has 0 heterocycles. The van der Waals surface area contributed by atoms with Crippen molar-refractivity contribution in [2.24, 2.45) is 0 Å². The molecule has 110 valence electrons. The summed E-state index contributed by atoms with van der Waals surface area (Å²) < 4.78 is 4.88. The molecule has 2 aromatic carbocycles. The fourth-order valence-corrected chi connectivity index (χ4v) is 2.16. The van der Waals surface area contributed by atoms with Gasteiger partial charge in [-0.3, -0.25) is 5.32 Å². The van der Waals surface area contributed by atoms with E-state index >= 15 is 0 Å². The predicted molar refractivity (Wildman–Crippen MR) is 84.2 cm³/mol. The molecule has 0 saturated heterocycles. The van der Waals surface area contributed by atoms with E-state index in [0.29, 0.717) is 11.6 Å². The van der Waals surface area contributed by atoms with Crippen LogP contribution in [0.15, 0.2) is 48.5 Å². The largest absolute Gasteiger partial charge is 0.468 e. The SMILES string of the molecule is COC(=O)C(NCc1ccc(Cl)cc1)c1ccc(C)cc1. The molecule has 2 rings (SSSR count). The van der Waals surface area contributed by atoms with Gasteiger partial charge in [-0.15, -0.1) is 0 Å². The topological polar surface area (TPSA) is 38.3 Å². The van der Waals surface area contributed by atoms with Gasteiger partial charge in [0.2, 0.25) is 0 Å². The molecule has 0 bridgehead atoms. The van der Waals surface area contributed by atoms with Crippen molar-refractivity contribution >= 4 is 17.6 Å². The third-order valence-corrected chi connectivity index (χ3v) is 3.52. The number of rotatable bonds is 5. The highest BCUT2D eigenvalue weighted by Crippen LogP contribution is 2.17. The number of ether oxygens (including phenoxy) is 1. The van der Waals surface area contributed by atoms with Crippen LogP contribution in [0.1, 0.15) is 22.7 Å². The summed E-state index contributed by atoms with van der Waals surface area (Å²) >= 11 is 5.86. The highest BCUT2D eigenvalue weighted by atomic mass is 35.5. The van der Waals surface area contributed by atoms with E-state index in [4.69, 9.17) is 16.3 Å². The molecule has 1 N–H and O–H groups in total. The van der Waals surface area contributed by atoms with Gasteiger partial charge in [0, 0.05) is 11.6 Å². The number of halogens is 1.